The highest BCUT2D eigenvalue weighted by Gasteiger charge is 2.22. The number of amides is 1. The largest absolute Gasteiger partial charge is 0.495 e. The molecule has 0 bridgehead atoms. The van der Waals surface area contributed by atoms with Gasteiger partial charge in [0.1, 0.15) is 22.8 Å². The Morgan fingerprint density at radius 2 is 1.87 bits per heavy atom. The van der Waals surface area contributed by atoms with Gasteiger partial charge in [0.15, 0.2) is 12.3 Å². The molecule has 10 nitrogen and oxygen atoms in total. The average molecular weight is 536 g/mol. The van der Waals surface area contributed by atoms with Gasteiger partial charge in [-0.1, -0.05) is 11.6 Å². The lowest BCUT2D eigenvalue weighted by atomic mass is 10.0. The van der Waals surface area contributed by atoms with E-state index in [1.165, 1.54) is 0 Å². The highest BCUT2D eigenvalue weighted by atomic mass is 35.5. The minimum atomic E-state index is -0.186. The van der Waals surface area contributed by atoms with Crippen LogP contribution in [0.15, 0.2) is 48.8 Å². The zero-order valence-electron chi connectivity index (χ0n) is 21.3. The molecule has 38 heavy (non-hydrogen) atoms. The number of aromatic amines is 1. The van der Waals surface area contributed by atoms with E-state index < -0.39 is 0 Å². The number of ether oxygens (including phenoxy) is 2. The quantitative estimate of drug-likeness (QED) is 0.295. The number of fused-ring (bicyclic) bond motifs is 1. The van der Waals surface area contributed by atoms with Crippen molar-refractivity contribution in [1.29, 1.82) is 0 Å². The number of aromatic nitrogens is 4. The fraction of sp³-hybridized carbons (Fsp3) is 0.333. The number of carbonyl (C=O) groups is 1. The first kappa shape index (κ1) is 25.7. The maximum atomic E-state index is 11.4. The zero-order valence-corrected chi connectivity index (χ0v) is 22.1. The molecule has 0 saturated carbocycles. The molecule has 1 saturated heterocycles. The van der Waals surface area contributed by atoms with E-state index in [2.05, 4.69) is 30.5 Å². The van der Waals surface area contributed by atoms with Crippen LogP contribution in [0.1, 0.15) is 18.5 Å². The first-order chi connectivity index (χ1) is 18.5. The fourth-order valence-corrected chi connectivity index (χ4v) is 4.62. The number of nitrogens with one attached hydrogen (secondary N) is 3. The predicted octanol–water partition coefficient (Wildman–Crippen LogP) is 3.88. The molecular weight excluding hydrogens is 506 g/mol. The van der Waals surface area contributed by atoms with E-state index >= 15 is 0 Å². The molecule has 3 N–H and O–H groups in total. The van der Waals surface area contributed by atoms with Gasteiger partial charge in [0.05, 0.1) is 35.9 Å². The third-order valence-corrected chi connectivity index (χ3v) is 6.89. The van der Waals surface area contributed by atoms with Crippen molar-refractivity contribution in [2.24, 2.45) is 0 Å². The lowest BCUT2D eigenvalue weighted by Gasteiger charge is -2.32. The topological polar surface area (TPSA) is 117 Å². The number of methoxy groups -OCH3 is 1. The monoisotopic (exact) mass is 535 g/mol. The second kappa shape index (κ2) is 11.7. The molecule has 4 aromatic rings. The van der Waals surface area contributed by atoms with E-state index in [9.17, 15) is 4.79 Å². The number of halogens is 1. The summed E-state index contributed by atoms with van der Waals surface area (Å²) < 4.78 is 10.7. The number of pyridine rings is 2. The van der Waals surface area contributed by atoms with E-state index in [0.29, 0.717) is 27.8 Å². The number of likely N-dealkylation sites (tertiary alicyclic amines) is 1. The van der Waals surface area contributed by atoms with Gasteiger partial charge in [-0.25, -0.2) is 9.97 Å². The number of imidazole rings is 1. The summed E-state index contributed by atoms with van der Waals surface area (Å²) in [5.74, 6) is 1.86. The van der Waals surface area contributed by atoms with Gasteiger partial charge in [-0.15, -0.1) is 0 Å². The number of H-pyrrole nitrogens is 1. The van der Waals surface area contributed by atoms with Crippen LogP contribution in [0.5, 0.6) is 11.5 Å². The van der Waals surface area contributed by atoms with Crippen LogP contribution < -0.4 is 20.1 Å². The Bertz CT molecular complexity index is 1380. The number of hydrogen-bond acceptors (Lipinski definition) is 8. The van der Waals surface area contributed by atoms with Gasteiger partial charge in [0.25, 0.3) is 5.91 Å². The minimum absolute atomic E-state index is 0.0325. The lowest BCUT2D eigenvalue weighted by Crippen LogP contribution is -2.38. The van der Waals surface area contributed by atoms with Crippen LogP contribution in [0.2, 0.25) is 5.02 Å². The highest BCUT2D eigenvalue weighted by molar-refractivity contribution is 6.34. The number of nitrogens with zero attached hydrogens (tertiary/aromatic N) is 4. The number of carbonyl (C=O) groups excluding carboxylic acids is 1. The highest BCUT2D eigenvalue weighted by Crippen LogP contribution is 2.32. The Morgan fingerprint density at radius 1 is 1.11 bits per heavy atom. The molecule has 1 aromatic carbocycles. The zero-order chi connectivity index (χ0) is 26.5. The van der Waals surface area contributed by atoms with Gasteiger partial charge in [0, 0.05) is 38.3 Å². The summed E-state index contributed by atoms with van der Waals surface area (Å²) in [6.45, 7) is 2.69. The van der Waals surface area contributed by atoms with Gasteiger partial charge in [-0.05, 0) is 49.2 Å². The van der Waals surface area contributed by atoms with Crippen LogP contribution in [0.25, 0.3) is 22.6 Å². The normalized spacial score (nSPS) is 14.4. The van der Waals surface area contributed by atoms with Gasteiger partial charge >= 0.3 is 0 Å². The molecule has 4 heterocycles. The van der Waals surface area contributed by atoms with E-state index in [4.69, 9.17) is 26.1 Å². The third kappa shape index (κ3) is 5.98. The van der Waals surface area contributed by atoms with Crippen molar-refractivity contribution in [2.75, 3.05) is 39.2 Å². The Morgan fingerprint density at radius 3 is 2.55 bits per heavy atom. The number of hydrogen-bond donors (Lipinski definition) is 3. The van der Waals surface area contributed by atoms with Crippen molar-refractivity contribution >= 4 is 34.4 Å². The number of benzene rings is 1. The minimum Gasteiger partial charge on any atom is -0.495 e. The summed E-state index contributed by atoms with van der Waals surface area (Å²) in [6, 6.07) is 11.6. The molecule has 0 unspecified atom stereocenters. The first-order valence-corrected chi connectivity index (χ1v) is 12.9. The first-order valence-electron chi connectivity index (χ1n) is 12.5. The van der Waals surface area contributed by atoms with Crippen LogP contribution in [-0.4, -0.2) is 70.6 Å². The van der Waals surface area contributed by atoms with Crippen LogP contribution in [0.3, 0.4) is 0 Å². The second-order valence-corrected chi connectivity index (χ2v) is 9.54. The standard InChI is InChI=1S/C27H30ClN7O3/c1-29-23(36)16-38-20-6-3-17(4-7-20)26-33-25-24(22(28)14-31-27(25)34-26)32-18-9-11-35(12-10-18)15-19-5-8-21(37-2)13-30-19/h3-8,13-14,18H,9-12,15-16H2,1-2H3,(H,29,36)(H2,31,32,33,34). The average Bonchev–Trinajstić information content (AvgIpc) is 3.39. The number of likely N-dealkylation sites (N-methyl/N-ethyl adjacent to an activating group) is 1. The van der Waals surface area contributed by atoms with E-state index in [-0.39, 0.29) is 18.6 Å². The summed E-state index contributed by atoms with van der Waals surface area (Å²) in [6.07, 6.45) is 5.36. The van der Waals surface area contributed by atoms with Crippen molar-refractivity contribution < 1.29 is 14.3 Å². The predicted molar refractivity (Wildman–Crippen MR) is 147 cm³/mol. The van der Waals surface area contributed by atoms with Crippen LogP contribution in [0.4, 0.5) is 5.69 Å². The van der Waals surface area contributed by atoms with Crippen molar-refractivity contribution in [3.05, 3.63) is 59.5 Å². The van der Waals surface area contributed by atoms with Crippen LogP contribution in [0, 0.1) is 0 Å². The smallest absolute Gasteiger partial charge is 0.257 e. The Balaban J connectivity index is 1.24. The molecule has 11 heteroatoms. The van der Waals surface area contributed by atoms with Gasteiger partial charge in [0.2, 0.25) is 0 Å². The second-order valence-electron chi connectivity index (χ2n) is 9.13. The van der Waals surface area contributed by atoms with E-state index in [1.807, 2.05) is 24.3 Å². The molecule has 0 aliphatic carbocycles. The molecule has 0 atom stereocenters. The molecular formula is C27H30ClN7O3. The fourth-order valence-electron chi connectivity index (χ4n) is 4.43. The molecule has 0 radical (unpaired) electrons. The van der Waals surface area contributed by atoms with Crippen molar-refractivity contribution in [2.45, 2.75) is 25.4 Å². The van der Waals surface area contributed by atoms with Crippen LogP contribution >= 0.6 is 11.6 Å². The van der Waals surface area contributed by atoms with Crippen LogP contribution in [-0.2, 0) is 11.3 Å². The summed E-state index contributed by atoms with van der Waals surface area (Å²) in [4.78, 5) is 30.8. The third-order valence-electron chi connectivity index (χ3n) is 6.60. The van der Waals surface area contributed by atoms with E-state index in [1.54, 1.807) is 38.7 Å². The van der Waals surface area contributed by atoms with Crippen molar-refractivity contribution in [3.63, 3.8) is 0 Å². The van der Waals surface area contributed by atoms with Crippen molar-refractivity contribution in [1.82, 2.24) is 30.2 Å². The van der Waals surface area contributed by atoms with Gasteiger partial charge in [-0.3, -0.25) is 14.7 Å². The van der Waals surface area contributed by atoms with Gasteiger partial charge in [-0.2, -0.15) is 0 Å². The molecule has 0 spiro atoms. The summed E-state index contributed by atoms with van der Waals surface area (Å²) in [5.41, 5.74) is 4.07. The molecule has 198 valence electrons. The summed E-state index contributed by atoms with van der Waals surface area (Å²) in [7, 11) is 3.22. The number of anilines is 1. The summed E-state index contributed by atoms with van der Waals surface area (Å²) in [5, 5.41) is 6.70. The molecule has 1 fully saturated rings. The summed E-state index contributed by atoms with van der Waals surface area (Å²) >= 11 is 6.57. The maximum absolute atomic E-state index is 11.4. The Kier molecular flexibility index (Phi) is 7.90. The molecule has 3 aromatic heterocycles. The number of piperidine rings is 1. The molecule has 1 aliphatic rings. The Labute approximate surface area is 225 Å². The SMILES string of the molecule is CNC(=O)COc1ccc(-c2nc3c(NC4CCN(Cc5ccc(OC)cn5)CC4)c(Cl)cnc3[nH]2)cc1. The Hall–Kier alpha value is -3.89. The molecule has 1 aliphatic heterocycles. The maximum Gasteiger partial charge on any atom is 0.257 e. The number of rotatable bonds is 9. The van der Waals surface area contributed by atoms with Crippen molar-refractivity contribution in [3.8, 4) is 22.9 Å². The molecule has 1 amide bonds. The lowest BCUT2D eigenvalue weighted by molar-refractivity contribution is -0.122. The van der Waals surface area contributed by atoms with Gasteiger partial charge < -0.3 is 25.1 Å². The molecule has 5 rings (SSSR count). The van der Waals surface area contributed by atoms with E-state index in [0.717, 1.165) is 55.2 Å².